The summed E-state index contributed by atoms with van der Waals surface area (Å²) >= 11 is 0. The molecule has 0 radical (unpaired) electrons. The topological polar surface area (TPSA) is 37.5 Å². The van der Waals surface area contributed by atoms with Gasteiger partial charge in [-0.25, -0.2) is 0 Å². The third kappa shape index (κ3) is 2.68. The standard InChI is InChI=1S/C21H16N2O/c24-19-12-10-17(11-13-19)23-14-4-7-18(23)15-22-21-9-3-6-16-5-1-2-8-20(16)21/h1-15,24H. The highest BCUT2D eigenvalue weighted by Crippen LogP contribution is 2.25. The summed E-state index contributed by atoms with van der Waals surface area (Å²) < 4.78 is 2.04. The van der Waals surface area contributed by atoms with Crippen molar-refractivity contribution in [2.45, 2.75) is 0 Å². The second kappa shape index (κ2) is 6.05. The maximum atomic E-state index is 9.44. The van der Waals surface area contributed by atoms with Gasteiger partial charge in [-0.2, -0.15) is 0 Å². The van der Waals surface area contributed by atoms with E-state index in [0.717, 1.165) is 22.5 Å². The molecule has 24 heavy (non-hydrogen) atoms. The lowest BCUT2D eigenvalue weighted by molar-refractivity contribution is 0.475. The number of aromatic nitrogens is 1. The number of hydrogen-bond donors (Lipinski definition) is 1. The summed E-state index contributed by atoms with van der Waals surface area (Å²) in [6, 6.07) is 25.5. The molecule has 0 bridgehead atoms. The Morgan fingerprint density at radius 1 is 0.792 bits per heavy atom. The maximum absolute atomic E-state index is 9.44. The predicted molar refractivity (Wildman–Crippen MR) is 98.6 cm³/mol. The number of nitrogens with zero attached hydrogens (tertiary/aromatic N) is 2. The minimum atomic E-state index is 0.261. The van der Waals surface area contributed by atoms with Crippen molar-refractivity contribution in [3.8, 4) is 11.4 Å². The van der Waals surface area contributed by atoms with Crippen molar-refractivity contribution in [3.63, 3.8) is 0 Å². The highest BCUT2D eigenvalue weighted by atomic mass is 16.3. The number of phenols is 1. The lowest BCUT2D eigenvalue weighted by atomic mass is 10.1. The number of hydrogen-bond acceptors (Lipinski definition) is 2. The third-order valence-electron chi connectivity index (χ3n) is 4.01. The highest BCUT2D eigenvalue weighted by Gasteiger charge is 2.02. The molecule has 0 aliphatic carbocycles. The van der Waals surface area contributed by atoms with E-state index in [1.165, 1.54) is 5.39 Å². The summed E-state index contributed by atoms with van der Waals surface area (Å²) in [5, 5.41) is 11.8. The Kier molecular flexibility index (Phi) is 3.60. The summed E-state index contributed by atoms with van der Waals surface area (Å²) in [5.74, 6) is 0.261. The van der Waals surface area contributed by atoms with E-state index in [1.807, 2.05) is 65.5 Å². The van der Waals surface area contributed by atoms with Gasteiger partial charge in [0, 0.05) is 17.3 Å². The van der Waals surface area contributed by atoms with Crippen LogP contribution in [0, 0.1) is 0 Å². The molecule has 0 amide bonds. The fraction of sp³-hybridized carbons (Fsp3) is 0. The van der Waals surface area contributed by atoms with Crippen molar-refractivity contribution >= 4 is 22.7 Å². The van der Waals surface area contributed by atoms with Crippen molar-refractivity contribution < 1.29 is 5.11 Å². The van der Waals surface area contributed by atoms with Crippen LogP contribution in [0.3, 0.4) is 0 Å². The normalized spacial score (nSPS) is 11.3. The predicted octanol–water partition coefficient (Wildman–Crippen LogP) is 5.09. The second-order valence-electron chi connectivity index (χ2n) is 5.58. The monoisotopic (exact) mass is 312 g/mol. The van der Waals surface area contributed by atoms with Crippen LogP contribution in [0.5, 0.6) is 5.75 Å². The van der Waals surface area contributed by atoms with Crippen molar-refractivity contribution in [3.05, 3.63) is 90.8 Å². The zero-order chi connectivity index (χ0) is 16.4. The zero-order valence-electron chi connectivity index (χ0n) is 13.0. The molecule has 0 atom stereocenters. The first-order valence-corrected chi connectivity index (χ1v) is 7.80. The average Bonchev–Trinajstić information content (AvgIpc) is 3.09. The highest BCUT2D eigenvalue weighted by molar-refractivity contribution is 5.95. The lowest BCUT2D eigenvalue weighted by Gasteiger charge is -2.06. The van der Waals surface area contributed by atoms with Gasteiger partial charge in [0.25, 0.3) is 0 Å². The Morgan fingerprint density at radius 3 is 2.46 bits per heavy atom. The van der Waals surface area contributed by atoms with Crippen molar-refractivity contribution in [1.29, 1.82) is 0 Å². The summed E-state index contributed by atoms with van der Waals surface area (Å²) in [5.41, 5.74) is 2.91. The molecular weight excluding hydrogens is 296 g/mol. The molecule has 4 rings (SSSR count). The van der Waals surface area contributed by atoms with E-state index in [-0.39, 0.29) is 5.75 Å². The number of benzene rings is 3. The fourth-order valence-electron chi connectivity index (χ4n) is 2.80. The van der Waals surface area contributed by atoms with Crippen LogP contribution >= 0.6 is 0 Å². The van der Waals surface area contributed by atoms with Gasteiger partial charge in [0.1, 0.15) is 5.75 Å². The largest absolute Gasteiger partial charge is 0.508 e. The Balaban J connectivity index is 1.72. The minimum Gasteiger partial charge on any atom is -0.508 e. The van der Waals surface area contributed by atoms with Crippen LogP contribution in [0.15, 0.2) is 90.1 Å². The molecule has 0 aliphatic heterocycles. The minimum absolute atomic E-state index is 0.261. The van der Waals surface area contributed by atoms with Crippen LogP contribution in [0.1, 0.15) is 5.69 Å². The van der Waals surface area contributed by atoms with Gasteiger partial charge in [0.05, 0.1) is 17.6 Å². The van der Waals surface area contributed by atoms with Crippen LogP contribution in [-0.2, 0) is 0 Å². The van der Waals surface area contributed by atoms with Gasteiger partial charge in [-0.1, -0.05) is 36.4 Å². The van der Waals surface area contributed by atoms with Gasteiger partial charge < -0.3 is 9.67 Å². The van der Waals surface area contributed by atoms with E-state index in [2.05, 4.69) is 23.2 Å². The Labute approximate surface area is 140 Å². The average molecular weight is 312 g/mol. The molecule has 4 aromatic rings. The van der Waals surface area contributed by atoms with E-state index in [9.17, 15) is 5.11 Å². The van der Waals surface area contributed by atoms with E-state index in [4.69, 9.17) is 0 Å². The molecule has 3 nitrogen and oxygen atoms in total. The van der Waals surface area contributed by atoms with Crippen LogP contribution < -0.4 is 0 Å². The van der Waals surface area contributed by atoms with Crippen LogP contribution in [-0.4, -0.2) is 15.9 Å². The molecule has 1 heterocycles. The van der Waals surface area contributed by atoms with Crippen molar-refractivity contribution in [2.24, 2.45) is 4.99 Å². The summed E-state index contributed by atoms with van der Waals surface area (Å²) in [6.45, 7) is 0. The van der Waals surface area contributed by atoms with E-state index in [1.54, 1.807) is 12.1 Å². The molecule has 0 unspecified atom stereocenters. The van der Waals surface area contributed by atoms with Crippen molar-refractivity contribution in [1.82, 2.24) is 4.57 Å². The first kappa shape index (κ1) is 14.3. The van der Waals surface area contributed by atoms with Crippen LogP contribution in [0.4, 0.5) is 5.69 Å². The van der Waals surface area contributed by atoms with E-state index >= 15 is 0 Å². The molecule has 1 aromatic heterocycles. The molecule has 3 heteroatoms. The Hall–Kier alpha value is -3.33. The first-order chi connectivity index (χ1) is 11.8. The third-order valence-corrected chi connectivity index (χ3v) is 4.01. The van der Waals surface area contributed by atoms with E-state index in [0.29, 0.717) is 0 Å². The van der Waals surface area contributed by atoms with Gasteiger partial charge in [-0.15, -0.1) is 0 Å². The van der Waals surface area contributed by atoms with Gasteiger partial charge in [-0.05, 0) is 47.9 Å². The molecule has 3 aromatic carbocycles. The van der Waals surface area contributed by atoms with Gasteiger partial charge in [0.2, 0.25) is 0 Å². The number of phenolic OH excluding ortho intramolecular Hbond substituents is 1. The molecule has 0 fully saturated rings. The number of rotatable bonds is 3. The second-order valence-corrected chi connectivity index (χ2v) is 5.58. The first-order valence-electron chi connectivity index (χ1n) is 7.80. The SMILES string of the molecule is Oc1ccc(-n2cccc2C=Nc2cccc3ccccc23)cc1. The van der Waals surface area contributed by atoms with Crippen LogP contribution in [0.2, 0.25) is 0 Å². The molecule has 0 spiro atoms. The molecule has 1 N–H and O–H groups in total. The molecule has 0 saturated carbocycles. The van der Waals surface area contributed by atoms with Gasteiger partial charge >= 0.3 is 0 Å². The fourth-order valence-corrected chi connectivity index (χ4v) is 2.80. The molecule has 0 saturated heterocycles. The maximum Gasteiger partial charge on any atom is 0.115 e. The summed E-state index contributed by atoms with van der Waals surface area (Å²) in [4.78, 5) is 4.69. The molecule has 0 aliphatic rings. The summed E-state index contributed by atoms with van der Waals surface area (Å²) in [7, 11) is 0. The number of aliphatic imine (C=N–C) groups is 1. The molecular formula is C21H16N2O. The van der Waals surface area contributed by atoms with Crippen molar-refractivity contribution in [2.75, 3.05) is 0 Å². The Bertz CT molecular complexity index is 1010. The number of aromatic hydroxyl groups is 1. The van der Waals surface area contributed by atoms with Gasteiger partial charge in [-0.3, -0.25) is 4.99 Å². The lowest BCUT2D eigenvalue weighted by Crippen LogP contribution is -1.97. The Morgan fingerprint density at radius 2 is 1.58 bits per heavy atom. The van der Waals surface area contributed by atoms with E-state index < -0.39 is 0 Å². The number of fused-ring (bicyclic) bond motifs is 1. The molecule has 116 valence electrons. The van der Waals surface area contributed by atoms with Gasteiger partial charge in [0.15, 0.2) is 0 Å². The zero-order valence-corrected chi connectivity index (χ0v) is 13.0. The smallest absolute Gasteiger partial charge is 0.115 e. The van der Waals surface area contributed by atoms with Crippen LogP contribution in [0.25, 0.3) is 16.5 Å². The quantitative estimate of drug-likeness (QED) is 0.526. The summed E-state index contributed by atoms with van der Waals surface area (Å²) in [6.07, 6.45) is 3.85.